The number of nitrogens with one attached hydrogen (secondary N) is 1. The van der Waals surface area contributed by atoms with E-state index in [1.807, 2.05) is 0 Å². The predicted molar refractivity (Wildman–Crippen MR) is 93.4 cm³/mol. The minimum Gasteiger partial charge on any atom is -0.345 e. The van der Waals surface area contributed by atoms with Crippen LogP contribution in [0.3, 0.4) is 0 Å². The Labute approximate surface area is 156 Å². The lowest BCUT2D eigenvalue weighted by Crippen LogP contribution is -2.54. The average Bonchev–Trinajstić information content (AvgIpc) is 3.34. The Hall–Kier alpha value is -2.65. The minimum absolute atomic E-state index is 0.0473. The third kappa shape index (κ3) is 3.13. The van der Waals surface area contributed by atoms with E-state index in [1.54, 1.807) is 21.7 Å². The molecule has 146 valence electrons. The van der Waals surface area contributed by atoms with Gasteiger partial charge in [0.1, 0.15) is 18.8 Å². The molecule has 27 heavy (non-hydrogen) atoms. The van der Waals surface area contributed by atoms with Gasteiger partial charge in [-0.1, -0.05) is 6.42 Å². The van der Waals surface area contributed by atoms with Gasteiger partial charge >= 0.3 is 5.69 Å². The SMILES string of the molecule is CN1CCCCC(C(=O)N2C[C@@H]3C[C@H]2CN3C(=O)Cn2cn[nH]c2=O)C1=O. The molecule has 0 radical (unpaired) electrons. The monoisotopic (exact) mass is 376 g/mol. The first-order valence-electron chi connectivity index (χ1n) is 9.40. The molecule has 3 saturated heterocycles. The van der Waals surface area contributed by atoms with Crippen LogP contribution in [-0.2, 0) is 20.9 Å². The molecule has 1 N–H and O–H groups in total. The maximum atomic E-state index is 13.0. The molecule has 3 aliphatic heterocycles. The van der Waals surface area contributed by atoms with Gasteiger partial charge in [-0.15, -0.1) is 0 Å². The van der Waals surface area contributed by atoms with Crippen molar-refractivity contribution in [2.45, 2.75) is 44.3 Å². The Kier molecular flexibility index (Phi) is 4.48. The molecule has 10 nitrogen and oxygen atoms in total. The van der Waals surface area contributed by atoms with E-state index in [1.165, 1.54) is 10.9 Å². The molecule has 1 unspecified atom stereocenters. The summed E-state index contributed by atoms with van der Waals surface area (Å²) in [6.07, 6.45) is 4.43. The van der Waals surface area contributed by atoms with Gasteiger partial charge in [0.25, 0.3) is 0 Å². The van der Waals surface area contributed by atoms with Gasteiger partial charge in [-0.05, 0) is 19.3 Å². The number of aromatic nitrogens is 3. The first-order chi connectivity index (χ1) is 13.0. The highest BCUT2D eigenvalue weighted by Gasteiger charge is 2.49. The number of amides is 3. The maximum Gasteiger partial charge on any atom is 0.343 e. The van der Waals surface area contributed by atoms with Crippen molar-refractivity contribution < 1.29 is 14.4 Å². The minimum atomic E-state index is -0.592. The number of carbonyl (C=O) groups is 3. The van der Waals surface area contributed by atoms with E-state index in [-0.39, 0.29) is 36.3 Å². The van der Waals surface area contributed by atoms with Crippen molar-refractivity contribution in [1.29, 1.82) is 0 Å². The number of piperazine rings is 1. The summed E-state index contributed by atoms with van der Waals surface area (Å²) in [5.41, 5.74) is -0.416. The predicted octanol–water partition coefficient (Wildman–Crippen LogP) is -1.36. The van der Waals surface area contributed by atoms with Gasteiger partial charge in [0.15, 0.2) is 0 Å². The van der Waals surface area contributed by atoms with Crippen LogP contribution in [0.5, 0.6) is 0 Å². The smallest absolute Gasteiger partial charge is 0.343 e. The number of H-pyrrole nitrogens is 1. The summed E-state index contributed by atoms with van der Waals surface area (Å²) in [5.74, 6) is -0.930. The van der Waals surface area contributed by atoms with Crippen molar-refractivity contribution in [3.05, 3.63) is 16.8 Å². The first kappa shape index (κ1) is 17.7. The number of likely N-dealkylation sites (tertiary alicyclic amines) is 3. The summed E-state index contributed by atoms with van der Waals surface area (Å²) in [7, 11) is 1.75. The number of hydrogen-bond donors (Lipinski definition) is 1. The molecule has 1 aromatic heterocycles. The lowest BCUT2D eigenvalue weighted by molar-refractivity contribution is -0.149. The standard InChI is InChI=1S/C17H24N6O4/c1-20-5-3-2-4-13(15(20)25)16(26)23-8-11-6-12(23)7-22(11)14(24)9-21-10-18-19-17(21)27/h10-13H,2-9H2,1H3,(H,19,27)/t11-,12-,13?/m0/s1. The highest BCUT2D eigenvalue weighted by molar-refractivity contribution is 6.00. The molecule has 0 aromatic carbocycles. The Balaban J connectivity index is 1.40. The Bertz CT molecular complexity index is 816. The summed E-state index contributed by atoms with van der Waals surface area (Å²) in [4.78, 5) is 54.7. The molecular formula is C17H24N6O4. The van der Waals surface area contributed by atoms with Gasteiger partial charge in [-0.3, -0.25) is 19.0 Å². The van der Waals surface area contributed by atoms with E-state index in [0.29, 0.717) is 26.1 Å². The van der Waals surface area contributed by atoms with Crippen LogP contribution in [-0.4, -0.2) is 86.0 Å². The Morgan fingerprint density at radius 3 is 2.59 bits per heavy atom. The summed E-state index contributed by atoms with van der Waals surface area (Å²) in [5, 5.41) is 5.89. The van der Waals surface area contributed by atoms with Crippen LogP contribution in [0, 0.1) is 5.92 Å². The molecule has 1 aromatic rings. The summed E-state index contributed by atoms with van der Waals surface area (Å²) in [6, 6.07) is -0.0958. The van der Waals surface area contributed by atoms with E-state index in [2.05, 4.69) is 10.2 Å². The fraction of sp³-hybridized carbons (Fsp3) is 0.706. The van der Waals surface area contributed by atoms with Gasteiger partial charge in [0.2, 0.25) is 17.7 Å². The number of rotatable bonds is 3. The molecule has 4 rings (SSSR count). The van der Waals surface area contributed by atoms with E-state index in [9.17, 15) is 19.2 Å². The van der Waals surface area contributed by atoms with Crippen molar-refractivity contribution in [3.63, 3.8) is 0 Å². The van der Waals surface area contributed by atoms with Gasteiger partial charge in [0.05, 0.1) is 12.1 Å². The zero-order valence-corrected chi connectivity index (χ0v) is 15.3. The van der Waals surface area contributed by atoms with Crippen LogP contribution in [0.1, 0.15) is 25.7 Å². The maximum absolute atomic E-state index is 13.0. The average molecular weight is 376 g/mol. The normalized spacial score (nSPS) is 28.0. The molecule has 3 fully saturated rings. The zero-order chi connectivity index (χ0) is 19.1. The molecule has 3 atom stereocenters. The van der Waals surface area contributed by atoms with E-state index >= 15 is 0 Å². The van der Waals surface area contributed by atoms with Crippen LogP contribution in [0.2, 0.25) is 0 Å². The van der Waals surface area contributed by atoms with Crippen LogP contribution in [0.4, 0.5) is 0 Å². The Morgan fingerprint density at radius 2 is 1.93 bits per heavy atom. The molecule has 2 bridgehead atoms. The van der Waals surface area contributed by atoms with Crippen molar-refractivity contribution >= 4 is 17.7 Å². The quantitative estimate of drug-likeness (QED) is 0.655. The fourth-order valence-corrected chi connectivity index (χ4v) is 4.49. The molecule has 3 aliphatic rings. The van der Waals surface area contributed by atoms with Crippen molar-refractivity contribution in [2.24, 2.45) is 5.92 Å². The third-order valence-electron chi connectivity index (χ3n) is 5.98. The van der Waals surface area contributed by atoms with Gasteiger partial charge < -0.3 is 14.7 Å². The lowest BCUT2D eigenvalue weighted by atomic mass is 10.00. The van der Waals surface area contributed by atoms with Crippen molar-refractivity contribution in [2.75, 3.05) is 26.7 Å². The van der Waals surface area contributed by atoms with Crippen molar-refractivity contribution in [1.82, 2.24) is 29.5 Å². The zero-order valence-electron chi connectivity index (χ0n) is 15.3. The first-order valence-corrected chi connectivity index (χ1v) is 9.40. The van der Waals surface area contributed by atoms with E-state index in [4.69, 9.17) is 0 Å². The molecule has 10 heteroatoms. The molecule has 3 amide bonds. The molecule has 0 spiro atoms. The summed E-state index contributed by atoms with van der Waals surface area (Å²) in [6.45, 7) is 1.56. The van der Waals surface area contributed by atoms with E-state index in [0.717, 1.165) is 19.3 Å². The highest BCUT2D eigenvalue weighted by atomic mass is 16.2. The molecular weight excluding hydrogens is 352 g/mol. The Morgan fingerprint density at radius 1 is 1.19 bits per heavy atom. The topological polar surface area (TPSA) is 112 Å². The number of fused-ring (bicyclic) bond motifs is 2. The fourth-order valence-electron chi connectivity index (χ4n) is 4.49. The number of aromatic amines is 1. The van der Waals surface area contributed by atoms with Gasteiger partial charge in [-0.25, -0.2) is 9.89 Å². The second-order valence-electron chi connectivity index (χ2n) is 7.68. The molecule has 4 heterocycles. The third-order valence-corrected chi connectivity index (χ3v) is 5.98. The second kappa shape index (κ2) is 6.82. The van der Waals surface area contributed by atoms with E-state index < -0.39 is 11.6 Å². The molecule has 0 saturated carbocycles. The number of hydrogen-bond acceptors (Lipinski definition) is 5. The summed E-state index contributed by atoms with van der Waals surface area (Å²) < 4.78 is 1.23. The van der Waals surface area contributed by atoms with Crippen LogP contribution in [0.25, 0.3) is 0 Å². The lowest BCUT2D eigenvalue weighted by Gasteiger charge is -2.36. The van der Waals surface area contributed by atoms with Gasteiger partial charge in [0, 0.05) is 26.7 Å². The summed E-state index contributed by atoms with van der Waals surface area (Å²) >= 11 is 0. The largest absolute Gasteiger partial charge is 0.345 e. The molecule has 0 aliphatic carbocycles. The second-order valence-corrected chi connectivity index (χ2v) is 7.68. The highest BCUT2D eigenvalue weighted by Crippen LogP contribution is 2.33. The number of carbonyl (C=O) groups excluding carboxylic acids is 3. The van der Waals surface area contributed by atoms with Crippen LogP contribution >= 0.6 is 0 Å². The van der Waals surface area contributed by atoms with Crippen LogP contribution < -0.4 is 5.69 Å². The van der Waals surface area contributed by atoms with Crippen LogP contribution in [0.15, 0.2) is 11.1 Å². The van der Waals surface area contributed by atoms with Crippen molar-refractivity contribution in [3.8, 4) is 0 Å². The number of nitrogens with zero attached hydrogens (tertiary/aromatic N) is 5. The van der Waals surface area contributed by atoms with Gasteiger partial charge in [-0.2, -0.15) is 5.10 Å².